The zero-order valence-corrected chi connectivity index (χ0v) is 16.7. The van der Waals surface area contributed by atoms with Crippen molar-refractivity contribution >= 4 is 61.8 Å². The lowest BCUT2D eigenvalue weighted by molar-refractivity contribution is 0.0500. The van der Waals surface area contributed by atoms with Gasteiger partial charge in [-0.15, -0.1) is 0 Å². The van der Waals surface area contributed by atoms with E-state index in [0.717, 1.165) is 17.5 Å². The molecule has 27 heavy (non-hydrogen) atoms. The van der Waals surface area contributed by atoms with Gasteiger partial charge in [-0.05, 0) is 42.8 Å². The second kappa shape index (κ2) is 8.69. The van der Waals surface area contributed by atoms with E-state index in [9.17, 15) is 9.59 Å². The Morgan fingerprint density at radius 1 is 1.11 bits per heavy atom. The van der Waals surface area contributed by atoms with E-state index >= 15 is 0 Å². The molecule has 0 atom stereocenters. The first-order chi connectivity index (χ1) is 13.0. The second-order valence-electron chi connectivity index (χ2n) is 5.77. The van der Waals surface area contributed by atoms with Crippen LogP contribution in [0.4, 0.5) is 5.13 Å². The van der Waals surface area contributed by atoms with Crippen molar-refractivity contribution in [3.8, 4) is 0 Å². The van der Waals surface area contributed by atoms with Gasteiger partial charge in [0.15, 0.2) is 5.13 Å². The molecule has 1 aromatic heterocycles. The first-order valence-electron chi connectivity index (χ1n) is 8.32. The Balaban J connectivity index is 1.75. The predicted octanol–water partition coefficient (Wildman–Crippen LogP) is 5.81. The van der Waals surface area contributed by atoms with E-state index in [1.165, 1.54) is 17.4 Å². The van der Waals surface area contributed by atoms with Crippen LogP contribution in [0.25, 0.3) is 10.2 Å². The van der Waals surface area contributed by atoms with E-state index in [1.807, 2.05) is 6.92 Å². The van der Waals surface area contributed by atoms with Crippen molar-refractivity contribution in [1.29, 1.82) is 0 Å². The van der Waals surface area contributed by atoms with Crippen molar-refractivity contribution in [2.75, 3.05) is 11.9 Å². The van der Waals surface area contributed by atoms with Gasteiger partial charge in [-0.3, -0.25) is 10.1 Å². The SMILES string of the molecule is CCCCOC(=O)c1ccc2nc(NC(=O)c3ccc(Cl)c(Cl)c3)sc2c1. The lowest BCUT2D eigenvalue weighted by Gasteiger charge is -2.03. The molecular formula is C19H16Cl2N2O3S. The molecule has 0 bridgehead atoms. The number of carbonyl (C=O) groups excluding carboxylic acids is 2. The molecule has 140 valence electrons. The maximum atomic E-state index is 12.4. The molecule has 0 fully saturated rings. The standard InChI is InChI=1S/C19H16Cl2N2O3S/c1-2-3-8-26-18(25)12-5-7-15-16(10-12)27-19(22-15)23-17(24)11-4-6-13(20)14(21)9-11/h4-7,9-10H,2-3,8H2,1H3,(H,22,23,24). The highest BCUT2D eigenvalue weighted by Gasteiger charge is 2.14. The van der Waals surface area contributed by atoms with E-state index in [-0.39, 0.29) is 11.9 Å². The normalized spacial score (nSPS) is 10.8. The minimum absolute atomic E-state index is 0.305. The van der Waals surface area contributed by atoms with Gasteiger partial charge in [0.2, 0.25) is 0 Å². The van der Waals surface area contributed by atoms with Gasteiger partial charge in [-0.2, -0.15) is 0 Å². The molecule has 0 spiro atoms. The lowest BCUT2D eigenvalue weighted by Crippen LogP contribution is -2.11. The highest BCUT2D eigenvalue weighted by molar-refractivity contribution is 7.22. The Morgan fingerprint density at radius 3 is 2.63 bits per heavy atom. The van der Waals surface area contributed by atoms with Crippen LogP contribution >= 0.6 is 34.5 Å². The van der Waals surface area contributed by atoms with Crippen molar-refractivity contribution in [1.82, 2.24) is 4.98 Å². The van der Waals surface area contributed by atoms with Crippen molar-refractivity contribution < 1.29 is 14.3 Å². The number of carbonyl (C=O) groups is 2. The third-order valence-electron chi connectivity index (χ3n) is 3.76. The number of fused-ring (bicyclic) bond motifs is 1. The average molecular weight is 423 g/mol. The van der Waals surface area contributed by atoms with Gasteiger partial charge < -0.3 is 4.74 Å². The minimum Gasteiger partial charge on any atom is -0.462 e. The maximum Gasteiger partial charge on any atom is 0.338 e. The van der Waals surface area contributed by atoms with Crippen molar-refractivity contribution in [3.05, 3.63) is 57.6 Å². The Kier molecular flexibility index (Phi) is 6.31. The van der Waals surface area contributed by atoms with Crippen molar-refractivity contribution in [2.24, 2.45) is 0 Å². The van der Waals surface area contributed by atoms with Crippen LogP contribution in [0.2, 0.25) is 10.0 Å². The lowest BCUT2D eigenvalue weighted by atomic mass is 10.2. The molecule has 0 aliphatic carbocycles. The van der Waals surface area contributed by atoms with E-state index in [0.29, 0.717) is 38.4 Å². The third-order valence-corrected chi connectivity index (χ3v) is 5.43. The van der Waals surface area contributed by atoms with Crippen molar-refractivity contribution in [3.63, 3.8) is 0 Å². The Bertz CT molecular complexity index is 1000. The van der Waals surface area contributed by atoms with Gasteiger partial charge in [0.1, 0.15) is 0 Å². The third kappa shape index (κ3) is 4.77. The molecule has 2 aromatic carbocycles. The fraction of sp³-hybridized carbons (Fsp3) is 0.211. The second-order valence-corrected chi connectivity index (χ2v) is 7.62. The molecule has 0 aliphatic heterocycles. The topological polar surface area (TPSA) is 68.3 Å². The van der Waals surface area contributed by atoms with Gasteiger partial charge in [-0.1, -0.05) is 47.9 Å². The molecule has 0 saturated carbocycles. The summed E-state index contributed by atoms with van der Waals surface area (Å²) in [5.41, 5.74) is 1.53. The predicted molar refractivity (Wildman–Crippen MR) is 109 cm³/mol. The molecule has 1 heterocycles. The zero-order valence-electron chi connectivity index (χ0n) is 14.4. The minimum atomic E-state index is -0.361. The number of benzene rings is 2. The summed E-state index contributed by atoms with van der Waals surface area (Å²) in [4.78, 5) is 28.8. The monoisotopic (exact) mass is 422 g/mol. The molecule has 5 nitrogen and oxygen atoms in total. The van der Waals surface area contributed by atoms with Crippen molar-refractivity contribution in [2.45, 2.75) is 19.8 Å². The van der Waals surface area contributed by atoms with Crippen LogP contribution in [0.15, 0.2) is 36.4 Å². The fourth-order valence-electron chi connectivity index (χ4n) is 2.30. The first kappa shape index (κ1) is 19.6. The smallest absolute Gasteiger partial charge is 0.338 e. The number of hydrogen-bond donors (Lipinski definition) is 1. The first-order valence-corrected chi connectivity index (χ1v) is 9.89. The molecule has 3 rings (SSSR count). The number of esters is 1. The summed E-state index contributed by atoms with van der Waals surface area (Å²) in [6.07, 6.45) is 1.79. The highest BCUT2D eigenvalue weighted by atomic mass is 35.5. The van der Waals surface area contributed by atoms with Crippen LogP contribution in [-0.4, -0.2) is 23.5 Å². The van der Waals surface area contributed by atoms with E-state index in [4.69, 9.17) is 27.9 Å². The molecule has 3 aromatic rings. The van der Waals surface area contributed by atoms with Gasteiger partial charge in [0.25, 0.3) is 5.91 Å². The number of rotatable bonds is 6. The molecule has 1 amide bonds. The van der Waals surface area contributed by atoms with Crippen LogP contribution in [0.5, 0.6) is 0 Å². The van der Waals surface area contributed by atoms with Crippen LogP contribution in [-0.2, 0) is 4.74 Å². The van der Waals surface area contributed by atoms with Gasteiger partial charge >= 0.3 is 5.97 Å². The summed E-state index contributed by atoms with van der Waals surface area (Å²) >= 11 is 13.1. The summed E-state index contributed by atoms with van der Waals surface area (Å²) in [5.74, 6) is -0.702. The number of ether oxygens (including phenoxy) is 1. The Hall–Kier alpha value is -2.15. The molecular weight excluding hydrogens is 407 g/mol. The average Bonchev–Trinajstić information content (AvgIpc) is 3.05. The number of aromatic nitrogens is 1. The van der Waals surface area contributed by atoms with Crippen LogP contribution < -0.4 is 5.32 Å². The fourth-order valence-corrected chi connectivity index (χ4v) is 3.50. The number of amides is 1. The maximum absolute atomic E-state index is 12.4. The Morgan fingerprint density at radius 2 is 1.89 bits per heavy atom. The summed E-state index contributed by atoms with van der Waals surface area (Å²) < 4.78 is 6.00. The number of anilines is 1. The van der Waals surface area contributed by atoms with Gasteiger partial charge in [-0.25, -0.2) is 9.78 Å². The highest BCUT2D eigenvalue weighted by Crippen LogP contribution is 2.28. The molecule has 0 unspecified atom stereocenters. The summed E-state index contributed by atoms with van der Waals surface area (Å²) in [6, 6.07) is 9.76. The quantitative estimate of drug-likeness (QED) is 0.401. The van der Waals surface area contributed by atoms with Crippen LogP contribution in [0.1, 0.15) is 40.5 Å². The number of thiazole rings is 1. The zero-order chi connectivity index (χ0) is 19.4. The van der Waals surface area contributed by atoms with Crippen LogP contribution in [0, 0.1) is 0 Å². The van der Waals surface area contributed by atoms with E-state index in [1.54, 1.807) is 30.3 Å². The molecule has 0 radical (unpaired) electrons. The molecule has 0 saturated heterocycles. The molecule has 8 heteroatoms. The summed E-state index contributed by atoms with van der Waals surface area (Å²) in [6.45, 7) is 2.44. The molecule has 0 aliphatic rings. The number of unbranched alkanes of at least 4 members (excludes halogenated alkanes) is 1. The summed E-state index contributed by atoms with van der Waals surface area (Å²) in [7, 11) is 0. The number of nitrogens with one attached hydrogen (secondary N) is 1. The largest absolute Gasteiger partial charge is 0.462 e. The van der Waals surface area contributed by atoms with Crippen LogP contribution in [0.3, 0.4) is 0 Å². The number of hydrogen-bond acceptors (Lipinski definition) is 5. The Labute approximate surface area is 170 Å². The summed E-state index contributed by atoms with van der Waals surface area (Å²) in [5, 5.41) is 3.85. The number of nitrogens with zero attached hydrogens (tertiary/aromatic N) is 1. The van der Waals surface area contributed by atoms with E-state index in [2.05, 4.69) is 10.3 Å². The number of halogens is 2. The van der Waals surface area contributed by atoms with Gasteiger partial charge in [0, 0.05) is 5.56 Å². The van der Waals surface area contributed by atoms with Gasteiger partial charge in [0.05, 0.1) is 32.4 Å². The van der Waals surface area contributed by atoms with E-state index < -0.39 is 0 Å². The molecule has 1 N–H and O–H groups in total.